The molecule has 0 spiro atoms. The molecule has 2 fully saturated rings. The highest BCUT2D eigenvalue weighted by atomic mass is 35.5. The second kappa shape index (κ2) is 12.2. The molecule has 2 N–H and O–H groups in total. The number of nitrogens with zero attached hydrogens (tertiary/aromatic N) is 3. The van der Waals surface area contributed by atoms with Gasteiger partial charge in [0.05, 0.1) is 0 Å². The van der Waals surface area contributed by atoms with Gasteiger partial charge >= 0.3 is 0 Å². The molecule has 3 aromatic carbocycles. The average molecular weight is 600 g/mol. The molecule has 0 radical (unpaired) electrons. The van der Waals surface area contributed by atoms with Crippen molar-refractivity contribution in [3.63, 3.8) is 0 Å². The van der Waals surface area contributed by atoms with Crippen LogP contribution in [0.1, 0.15) is 55.8 Å². The number of halogens is 1. The van der Waals surface area contributed by atoms with E-state index in [1.165, 1.54) is 4.90 Å². The maximum atomic E-state index is 12.9. The molecule has 0 saturated carbocycles. The van der Waals surface area contributed by atoms with Gasteiger partial charge in [0.25, 0.3) is 11.8 Å². The molecule has 222 valence electrons. The molecule has 0 bridgehead atoms. The van der Waals surface area contributed by atoms with Gasteiger partial charge in [0, 0.05) is 74.1 Å². The predicted molar refractivity (Wildman–Crippen MR) is 164 cm³/mol. The third-order valence-corrected chi connectivity index (χ3v) is 8.96. The van der Waals surface area contributed by atoms with Crippen LogP contribution in [0.25, 0.3) is 0 Å². The largest absolute Gasteiger partial charge is 0.369 e. The summed E-state index contributed by atoms with van der Waals surface area (Å²) in [6, 6.07) is 18.8. The van der Waals surface area contributed by atoms with Crippen LogP contribution in [0.2, 0.25) is 5.02 Å². The van der Waals surface area contributed by atoms with Gasteiger partial charge in [-0.25, -0.2) is 0 Å². The molecule has 3 aromatic rings. The molecule has 9 nitrogen and oxygen atoms in total. The first-order chi connectivity index (χ1) is 20.7. The fraction of sp³-hybridized carbons (Fsp3) is 0.333. The van der Waals surface area contributed by atoms with Crippen LogP contribution in [0.15, 0.2) is 60.7 Å². The number of fused-ring (bicyclic) bond motifs is 1. The summed E-state index contributed by atoms with van der Waals surface area (Å²) < 4.78 is 0. The van der Waals surface area contributed by atoms with Crippen LogP contribution in [-0.2, 0) is 29.2 Å². The number of anilines is 1. The van der Waals surface area contributed by atoms with E-state index in [1.807, 2.05) is 49.4 Å². The summed E-state index contributed by atoms with van der Waals surface area (Å²) in [7, 11) is 0. The first-order valence-corrected chi connectivity index (χ1v) is 15.0. The van der Waals surface area contributed by atoms with Crippen molar-refractivity contribution in [3.05, 3.63) is 99.1 Å². The number of aryl methyl sites for hydroxylation is 1. The number of piperazine rings is 1. The van der Waals surface area contributed by atoms with E-state index >= 15 is 0 Å². The Morgan fingerprint density at radius 2 is 1.70 bits per heavy atom. The molecule has 10 heteroatoms. The van der Waals surface area contributed by atoms with Crippen molar-refractivity contribution in [1.82, 2.24) is 20.4 Å². The lowest BCUT2D eigenvalue weighted by Crippen LogP contribution is -2.52. The maximum absolute atomic E-state index is 12.9. The van der Waals surface area contributed by atoms with Gasteiger partial charge in [0.1, 0.15) is 6.04 Å². The standard InChI is InChI=1S/C33H34ClN5O4/c1-21-2-8-26(17-28(21)34)38-14-12-37(13-15-38)19-22-3-6-24(7-4-22)31(41)35-18-23-5-9-27-25(16-23)20-39(33(27)43)29-10-11-30(40)36-32(29)42/h2-9,16-17,29H,10-15,18-20H2,1H3,(H,35,41)(H,36,40,42). The van der Waals surface area contributed by atoms with Gasteiger partial charge in [0.2, 0.25) is 11.8 Å². The minimum Gasteiger partial charge on any atom is -0.369 e. The maximum Gasteiger partial charge on any atom is 0.255 e. The Labute approximate surface area is 255 Å². The SMILES string of the molecule is Cc1ccc(N2CCN(Cc3ccc(C(=O)NCc4ccc5c(c4)CN(C4CCC(=O)NC4=O)C5=O)cc3)CC2)cc1Cl. The molecular formula is C33H34ClN5O4. The summed E-state index contributed by atoms with van der Waals surface area (Å²) >= 11 is 6.32. The summed E-state index contributed by atoms with van der Waals surface area (Å²) in [6.07, 6.45) is 0.545. The third kappa shape index (κ3) is 6.28. The van der Waals surface area contributed by atoms with Crippen molar-refractivity contribution < 1.29 is 19.2 Å². The van der Waals surface area contributed by atoms with Crippen molar-refractivity contribution in [2.24, 2.45) is 0 Å². The number of piperidine rings is 1. The topological polar surface area (TPSA) is 102 Å². The Morgan fingerprint density at radius 1 is 0.953 bits per heavy atom. The molecule has 1 unspecified atom stereocenters. The van der Waals surface area contributed by atoms with E-state index in [9.17, 15) is 19.2 Å². The number of hydrogen-bond donors (Lipinski definition) is 2. The highest BCUT2D eigenvalue weighted by molar-refractivity contribution is 6.31. The molecule has 3 aliphatic rings. The van der Waals surface area contributed by atoms with Gasteiger partial charge in [-0.2, -0.15) is 0 Å². The number of nitrogens with one attached hydrogen (secondary N) is 2. The second-order valence-electron chi connectivity index (χ2n) is 11.5. The van der Waals surface area contributed by atoms with Crippen molar-refractivity contribution in [3.8, 4) is 0 Å². The van der Waals surface area contributed by atoms with Crippen molar-refractivity contribution >= 4 is 40.9 Å². The summed E-state index contributed by atoms with van der Waals surface area (Å²) in [5, 5.41) is 6.09. The Balaban J connectivity index is 0.989. The van der Waals surface area contributed by atoms with Crippen molar-refractivity contribution in [1.29, 1.82) is 0 Å². The van der Waals surface area contributed by atoms with E-state index in [0.29, 0.717) is 30.6 Å². The van der Waals surface area contributed by atoms with Gasteiger partial charge in [-0.05, 0) is 65.9 Å². The molecular weight excluding hydrogens is 566 g/mol. The molecule has 0 aliphatic carbocycles. The van der Waals surface area contributed by atoms with Gasteiger partial charge in [0.15, 0.2) is 0 Å². The van der Waals surface area contributed by atoms with Crippen molar-refractivity contribution in [2.45, 2.75) is 45.4 Å². The van der Waals surface area contributed by atoms with Crippen LogP contribution < -0.4 is 15.5 Å². The number of rotatable bonds is 7. The van der Waals surface area contributed by atoms with Crippen LogP contribution in [0.3, 0.4) is 0 Å². The minimum absolute atomic E-state index is 0.168. The number of carbonyl (C=O) groups is 4. The van der Waals surface area contributed by atoms with Crippen molar-refractivity contribution in [2.75, 3.05) is 31.1 Å². The quantitative estimate of drug-likeness (QED) is 0.402. The second-order valence-corrected chi connectivity index (χ2v) is 11.9. The average Bonchev–Trinajstić information content (AvgIpc) is 3.33. The molecule has 1 atom stereocenters. The molecule has 43 heavy (non-hydrogen) atoms. The van der Waals surface area contributed by atoms with Crippen LogP contribution in [0.5, 0.6) is 0 Å². The van der Waals surface area contributed by atoms with Crippen LogP contribution in [0, 0.1) is 6.92 Å². The molecule has 2 saturated heterocycles. The first kappa shape index (κ1) is 28.9. The van der Waals surface area contributed by atoms with E-state index in [0.717, 1.165) is 65.7 Å². The van der Waals surface area contributed by atoms with E-state index < -0.39 is 11.9 Å². The Hall–Kier alpha value is -4.21. The third-order valence-electron chi connectivity index (χ3n) is 8.56. The lowest BCUT2D eigenvalue weighted by atomic mass is 10.0. The number of hydrogen-bond acceptors (Lipinski definition) is 6. The fourth-order valence-electron chi connectivity index (χ4n) is 5.98. The van der Waals surface area contributed by atoms with Gasteiger partial charge in [-0.3, -0.25) is 29.4 Å². The fourth-order valence-corrected chi connectivity index (χ4v) is 6.16. The minimum atomic E-state index is -0.647. The lowest BCUT2D eigenvalue weighted by Gasteiger charge is -2.36. The Kier molecular flexibility index (Phi) is 8.19. The first-order valence-electron chi connectivity index (χ1n) is 14.6. The number of amides is 4. The Bertz CT molecular complexity index is 1580. The summed E-state index contributed by atoms with van der Waals surface area (Å²) in [5.41, 5.74) is 6.23. The highest BCUT2D eigenvalue weighted by Gasteiger charge is 2.39. The van der Waals surface area contributed by atoms with Gasteiger partial charge in [-0.15, -0.1) is 0 Å². The van der Waals surface area contributed by atoms with E-state index in [-0.39, 0.29) is 24.1 Å². The normalized spacial score (nSPS) is 18.9. The van der Waals surface area contributed by atoms with Gasteiger partial charge in [-0.1, -0.05) is 41.9 Å². The van der Waals surface area contributed by atoms with E-state index in [4.69, 9.17) is 11.6 Å². The molecule has 0 aromatic heterocycles. The number of carbonyl (C=O) groups excluding carboxylic acids is 4. The Morgan fingerprint density at radius 3 is 2.42 bits per heavy atom. The molecule has 6 rings (SSSR count). The van der Waals surface area contributed by atoms with Crippen LogP contribution >= 0.6 is 11.6 Å². The molecule has 3 heterocycles. The zero-order chi connectivity index (χ0) is 30.1. The zero-order valence-electron chi connectivity index (χ0n) is 24.1. The summed E-state index contributed by atoms with van der Waals surface area (Å²) in [4.78, 5) is 55.9. The van der Waals surface area contributed by atoms with E-state index in [1.54, 1.807) is 6.07 Å². The number of imide groups is 1. The molecule has 3 aliphatic heterocycles. The molecule has 4 amide bonds. The monoisotopic (exact) mass is 599 g/mol. The van der Waals surface area contributed by atoms with Crippen LogP contribution in [0.4, 0.5) is 5.69 Å². The van der Waals surface area contributed by atoms with Crippen LogP contribution in [-0.4, -0.2) is 65.6 Å². The summed E-state index contributed by atoms with van der Waals surface area (Å²) in [5.74, 6) is -1.11. The van der Waals surface area contributed by atoms with Gasteiger partial charge < -0.3 is 15.1 Å². The smallest absolute Gasteiger partial charge is 0.255 e. The highest BCUT2D eigenvalue weighted by Crippen LogP contribution is 2.28. The summed E-state index contributed by atoms with van der Waals surface area (Å²) in [6.45, 7) is 7.23. The zero-order valence-corrected chi connectivity index (χ0v) is 24.8. The number of benzene rings is 3. The van der Waals surface area contributed by atoms with E-state index in [2.05, 4.69) is 32.6 Å². The lowest BCUT2D eigenvalue weighted by molar-refractivity contribution is -0.136. The predicted octanol–water partition coefficient (Wildman–Crippen LogP) is 3.66.